The van der Waals surface area contributed by atoms with Crippen LogP contribution in [0.5, 0.6) is 0 Å². The molecule has 0 fully saturated rings. The number of allylic oxidation sites excluding steroid dienone is 2. The molecular weight excluding hydrogens is 390 g/mol. The van der Waals surface area contributed by atoms with Gasteiger partial charge in [0.05, 0.1) is 17.1 Å². The van der Waals surface area contributed by atoms with E-state index in [9.17, 15) is 9.59 Å². The monoisotopic (exact) mass is 419 g/mol. The van der Waals surface area contributed by atoms with Crippen LogP contribution in [0.4, 0.5) is 0 Å². The fraction of sp³-hybridized carbons (Fsp3) is 0.478. The zero-order valence-corrected chi connectivity index (χ0v) is 19.2. The molecule has 29 heavy (non-hydrogen) atoms. The van der Waals surface area contributed by atoms with Crippen molar-refractivity contribution in [1.29, 1.82) is 0 Å². The Bertz CT molecular complexity index is 835. The predicted octanol–water partition coefficient (Wildman–Crippen LogP) is 5.26. The van der Waals surface area contributed by atoms with Crippen molar-refractivity contribution in [2.45, 2.75) is 72.5 Å². The summed E-state index contributed by atoms with van der Waals surface area (Å²) in [6.07, 6.45) is 0. The van der Waals surface area contributed by atoms with Crippen molar-refractivity contribution < 1.29 is 19.1 Å². The van der Waals surface area contributed by atoms with E-state index in [0.29, 0.717) is 27.6 Å². The van der Waals surface area contributed by atoms with E-state index in [0.717, 1.165) is 5.56 Å². The van der Waals surface area contributed by atoms with Crippen molar-refractivity contribution in [3.63, 3.8) is 0 Å². The topological polar surface area (TPSA) is 64.6 Å². The van der Waals surface area contributed by atoms with Gasteiger partial charge in [-0.2, -0.15) is 0 Å². The van der Waals surface area contributed by atoms with Gasteiger partial charge in [-0.15, -0.1) is 0 Å². The summed E-state index contributed by atoms with van der Waals surface area (Å²) < 4.78 is 11.3. The number of ether oxygens (including phenoxy) is 2. The Labute approximate surface area is 178 Å². The maximum absolute atomic E-state index is 13.1. The highest BCUT2D eigenvalue weighted by molar-refractivity contribution is 6.30. The molecule has 2 rings (SSSR count). The number of esters is 2. The average molecular weight is 420 g/mol. The Morgan fingerprint density at radius 2 is 1.34 bits per heavy atom. The number of carbonyl (C=O) groups is 2. The Morgan fingerprint density at radius 1 is 0.897 bits per heavy atom. The lowest BCUT2D eigenvalue weighted by Gasteiger charge is -2.33. The molecule has 1 heterocycles. The van der Waals surface area contributed by atoms with E-state index in [1.807, 2.05) is 6.07 Å². The fourth-order valence-electron chi connectivity index (χ4n) is 3.22. The minimum Gasteiger partial charge on any atom is -0.457 e. The molecule has 1 aromatic rings. The maximum Gasteiger partial charge on any atom is 0.337 e. The van der Waals surface area contributed by atoms with Crippen LogP contribution in [0.3, 0.4) is 0 Å². The molecule has 158 valence electrons. The molecule has 0 atom stereocenters. The number of nitrogens with one attached hydrogen (secondary N) is 1. The van der Waals surface area contributed by atoms with Gasteiger partial charge in [-0.25, -0.2) is 9.59 Å². The van der Waals surface area contributed by atoms with Gasteiger partial charge in [-0.05, 0) is 73.1 Å². The Morgan fingerprint density at radius 3 is 1.72 bits per heavy atom. The maximum atomic E-state index is 13.1. The first kappa shape index (κ1) is 23.0. The SMILES string of the molecule is CC1=C(C(=O)OC(C)(C)C)C(c2cccc(Cl)c2)C(C(=O)OC(C)(C)C)=C(C)N1. The van der Waals surface area contributed by atoms with Crippen LogP contribution in [0.25, 0.3) is 0 Å². The molecule has 0 saturated carbocycles. The number of hydrogen-bond donors (Lipinski definition) is 1. The quantitative estimate of drug-likeness (QED) is 0.677. The number of carbonyl (C=O) groups excluding carboxylic acids is 2. The third kappa shape index (κ3) is 5.86. The molecule has 1 N–H and O–H groups in total. The number of halogens is 1. The van der Waals surface area contributed by atoms with Crippen LogP contribution in [-0.2, 0) is 19.1 Å². The Balaban J connectivity index is 2.65. The van der Waals surface area contributed by atoms with Crippen molar-refractivity contribution in [1.82, 2.24) is 5.32 Å². The molecular formula is C23H30ClNO4. The summed E-state index contributed by atoms with van der Waals surface area (Å²) in [7, 11) is 0. The highest BCUT2D eigenvalue weighted by Gasteiger charge is 2.39. The van der Waals surface area contributed by atoms with E-state index >= 15 is 0 Å². The highest BCUT2D eigenvalue weighted by Crippen LogP contribution is 2.40. The number of benzene rings is 1. The molecule has 0 unspecified atom stereocenters. The lowest BCUT2D eigenvalue weighted by molar-refractivity contribution is -0.150. The Kier molecular flexibility index (Phi) is 6.53. The van der Waals surface area contributed by atoms with Crippen LogP contribution in [-0.4, -0.2) is 23.1 Å². The first-order valence-corrected chi connectivity index (χ1v) is 9.98. The summed E-state index contributed by atoms with van der Waals surface area (Å²) in [5, 5.41) is 3.67. The largest absolute Gasteiger partial charge is 0.457 e. The summed E-state index contributed by atoms with van der Waals surface area (Å²) >= 11 is 6.22. The van der Waals surface area contributed by atoms with Gasteiger partial charge >= 0.3 is 11.9 Å². The van der Waals surface area contributed by atoms with Crippen molar-refractivity contribution in [3.8, 4) is 0 Å². The van der Waals surface area contributed by atoms with Crippen LogP contribution in [0.1, 0.15) is 66.9 Å². The van der Waals surface area contributed by atoms with Crippen LogP contribution in [0.15, 0.2) is 46.8 Å². The lowest BCUT2D eigenvalue weighted by atomic mass is 9.80. The van der Waals surface area contributed by atoms with Gasteiger partial charge in [0.25, 0.3) is 0 Å². The van der Waals surface area contributed by atoms with Gasteiger partial charge in [-0.3, -0.25) is 0 Å². The van der Waals surface area contributed by atoms with Crippen LogP contribution in [0, 0.1) is 0 Å². The number of rotatable bonds is 3. The minimum atomic E-state index is -0.675. The first-order chi connectivity index (χ1) is 13.2. The second-order valence-electron chi connectivity index (χ2n) is 9.19. The van der Waals surface area contributed by atoms with Crippen molar-refractivity contribution >= 4 is 23.5 Å². The molecule has 6 heteroatoms. The zero-order valence-electron chi connectivity index (χ0n) is 18.4. The van der Waals surface area contributed by atoms with E-state index in [1.165, 1.54) is 0 Å². The summed E-state index contributed by atoms with van der Waals surface area (Å²) in [5.41, 5.74) is 1.38. The fourth-order valence-corrected chi connectivity index (χ4v) is 3.42. The van der Waals surface area contributed by atoms with Gasteiger partial charge in [0, 0.05) is 16.4 Å². The van der Waals surface area contributed by atoms with E-state index < -0.39 is 29.1 Å². The van der Waals surface area contributed by atoms with Crippen LogP contribution < -0.4 is 5.32 Å². The molecule has 1 aromatic carbocycles. The molecule has 0 bridgehead atoms. The Hall–Kier alpha value is -2.27. The number of hydrogen-bond acceptors (Lipinski definition) is 5. The summed E-state index contributed by atoms with van der Waals surface area (Å²) in [5.74, 6) is -1.62. The smallest absolute Gasteiger partial charge is 0.337 e. The molecule has 5 nitrogen and oxygen atoms in total. The molecule has 0 aliphatic carbocycles. The van der Waals surface area contributed by atoms with E-state index in [4.69, 9.17) is 21.1 Å². The standard InChI is InChI=1S/C23H30ClNO4/c1-13-17(20(26)28-22(3,4)5)19(15-10-9-11-16(24)12-15)18(14(2)25-13)21(27)29-23(6,7)8/h9-12,19,25H,1-8H3. The second-order valence-corrected chi connectivity index (χ2v) is 9.63. The van der Waals surface area contributed by atoms with E-state index in [-0.39, 0.29) is 0 Å². The van der Waals surface area contributed by atoms with Gasteiger partial charge in [-0.1, -0.05) is 23.7 Å². The first-order valence-electron chi connectivity index (χ1n) is 9.60. The second kappa shape index (κ2) is 8.23. The molecule has 1 aliphatic heterocycles. The third-order valence-corrected chi connectivity index (χ3v) is 4.42. The van der Waals surface area contributed by atoms with Gasteiger partial charge in [0.15, 0.2) is 0 Å². The minimum absolute atomic E-state index is 0.369. The molecule has 0 amide bonds. The molecule has 0 aromatic heterocycles. The van der Waals surface area contributed by atoms with Crippen molar-refractivity contribution in [2.75, 3.05) is 0 Å². The average Bonchev–Trinajstić information content (AvgIpc) is 2.50. The molecule has 0 saturated heterocycles. The summed E-state index contributed by atoms with van der Waals surface area (Å²) in [6, 6.07) is 7.15. The molecule has 0 radical (unpaired) electrons. The van der Waals surface area contributed by atoms with Gasteiger partial charge in [0.1, 0.15) is 11.2 Å². The molecule has 0 spiro atoms. The summed E-state index contributed by atoms with van der Waals surface area (Å²) in [6.45, 7) is 14.4. The van der Waals surface area contributed by atoms with E-state index in [2.05, 4.69) is 5.32 Å². The van der Waals surface area contributed by atoms with Crippen LogP contribution in [0.2, 0.25) is 5.02 Å². The van der Waals surface area contributed by atoms with Crippen molar-refractivity contribution in [3.05, 3.63) is 57.4 Å². The highest BCUT2D eigenvalue weighted by atomic mass is 35.5. The lowest BCUT2D eigenvalue weighted by Crippen LogP contribution is -2.36. The zero-order chi connectivity index (χ0) is 22.1. The number of dihydropyridines is 1. The van der Waals surface area contributed by atoms with Crippen LogP contribution >= 0.6 is 11.6 Å². The normalized spacial score (nSPS) is 15.9. The summed E-state index contributed by atoms with van der Waals surface area (Å²) in [4.78, 5) is 26.3. The van der Waals surface area contributed by atoms with Crippen molar-refractivity contribution in [2.24, 2.45) is 0 Å². The molecule has 1 aliphatic rings. The van der Waals surface area contributed by atoms with E-state index in [1.54, 1.807) is 73.6 Å². The third-order valence-electron chi connectivity index (χ3n) is 4.18. The predicted molar refractivity (Wildman–Crippen MR) is 114 cm³/mol. The van der Waals surface area contributed by atoms with Gasteiger partial charge in [0.2, 0.25) is 0 Å². The van der Waals surface area contributed by atoms with Gasteiger partial charge < -0.3 is 14.8 Å².